The summed E-state index contributed by atoms with van der Waals surface area (Å²) in [7, 11) is 1.33. The molecule has 3 rings (SSSR count). The Labute approximate surface area is 141 Å². The van der Waals surface area contributed by atoms with E-state index in [2.05, 4.69) is 14.6 Å². The molecule has 0 aliphatic carbocycles. The molecule has 1 saturated heterocycles. The normalized spacial score (nSPS) is 17.2. The van der Waals surface area contributed by atoms with Gasteiger partial charge in [0.1, 0.15) is 18.0 Å². The van der Waals surface area contributed by atoms with Gasteiger partial charge in [-0.3, -0.25) is 13.8 Å². The Bertz CT molecular complexity index is 873. The molecule has 12 heteroatoms. The third-order valence-electron chi connectivity index (χ3n) is 3.36. The van der Waals surface area contributed by atoms with Gasteiger partial charge in [0.05, 0.1) is 5.69 Å². The van der Waals surface area contributed by atoms with E-state index in [1.54, 1.807) is 0 Å². The minimum Gasteiger partial charge on any atom is -0.506 e. The van der Waals surface area contributed by atoms with Crippen LogP contribution in [-0.4, -0.2) is 38.2 Å². The van der Waals surface area contributed by atoms with Gasteiger partial charge in [-0.05, 0) is 12.1 Å². The molecule has 1 unspecified atom stereocenters. The zero-order chi connectivity index (χ0) is 18.3. The Morgan fingerprint density at radius 2 is 2.16 bits per heavy atom. The zero-order valence-electron chi connectivity index (χ0n) is 12.6. The van der Waals surface area contributed by atoms with Crippen molar-refractivity contribution in [3.05, 3.63) is 24.0 Å². The summed E-state index contributed by atoms with van der Waals surface area (Å²) in [4.78, 5) is 11.3. The van der Waals surface area contributed by atoms with Gasteiger partial charge in [-0.25, -0.2) is 13.3 Å². The van der Waals surface area contributed by atoms with Crippen LogP contribution in [0.15, 0.2) is 18.2 Å². The van der Waals surface area contributed by atoms with Crippen LogP contribution in [-0.2, 0) is 23.0 Å². The van der Waals surface area contributed by atoms with Crippen LogP contribution in [0, 0.1) is 5.82 Å². The van der Waals surface area contributed by atoms with Crippen LogP contribution in [0.25, 0.3) is 11.3 Å². The molecule has 0 bridgehead atoms. The first-order valence-corrected chi connectivity index (χ1v) is 7.88. The van der Waals surface area contributed by atoms with Gasteiger partial charge >= 0.3 is 6.61 Å². The summed E-state index contributed by atoms with van der Waals surface area (Å²) >= 11 is -2.05. The summed E-state index contributed by atoms with van der Waals surface area (Å²) < 4.78 is 59.5. The summed E-state index contributed by atoms with van der Waals surface area (Å²) in [6.45, 7) is -3.49. The van der Waals surface area contributed by atoms with Gasteiger partial charge in [0.25, 0.3) is 5.91 Å². The van der Waals surface area contributed by atoms with E-state index in [1.165, 1.54) is 13.1 Å². The zero-order valence-corrected chi connectivity index (χ0v) is 13.4. The van der Waals surface area contributed by atoms with Crippen molar-refractivity contribution in [3.63, 3.8) is 0 Å². The first kappa shape index (κ1) is 17.1. The fourth-order valence-corrected chi connectivity index (χ4v) is 3.25. The third-order valence-corrected chi connectivity index (χ3v) is 4.47. The molecule has 0 spiro atoms. The second-order valence-electron chi connectivity index (χ2n) is 4.98. The van der Waals surface area contributed by atoms with E-state index in [1.807, 2.05) is 0 Å². The van der Waals surface area contributed by atoms with Crippen LogP contribution in [0.2, 0.25) is 0 Å². The number of anilines is 1. The molecule has 1 aromatic carbocycles. The Kier molecular flexibility index (Phi) is 4.29. The third kappa shape index (κ3) is 3.12. The average Bonchev–Trinajstić information content (AvgIpc) is 3.02. The number of hydrogen-bond acceptors (Lipinski definition) is 5. The van der Waals surface area contributed by atoms with Crippen LogP contribution < -0.4 is 13.8 Å². The lowest BCUT2D eigenvalue weighted by molar-refractivity contribution is -0.117. The number of hydrogen-bond donors (Lipinski definition) is 2. The number of nitrogens with one attached hydrogen (secondary N) is 1. The number of carbonyl (C=O) groups excluding carboxylic acids is 1. The first-order valence-electron chi connectivity index (χ1n) is 6.77. The number of aromatic nitrogens is 2. The number of aromatic hydroxyl groups is 1. The summed E-state index contributed by atoms with van der Waals surface area (Å²) in [6, 6.07) is 3.39. The Morgan fingerprint density at radius 3 is 2.76 bits per heavy atom. The van der Waals surface area contributed by atoms with Crippen LogP contribution in [0.1, 0.15) is 0 Å². The summed E-state index contributed by atoms with van der Waals surface area (Å²) in [5, 5.41) is 13.8. The van der Waals surface area contributed by atoms with Crippen molar-refractivity contribution in [2.45, 2.75) is 6.61 Å². The standard InChI is InChI=1S/C13H11F3N4O4S/c1-19-10(24-13(15)16)4-7(17-19)6-2-3-8(21)12(11(6)14)20-5-9(22)18-25(20)23/h2-4,13,21H,5H2,1H3,(H,18,22). The van der Waals surface area contributed by atoms with E-state index in [0.29, 0.717) is 0 Å². The number of amides is 1. The molecule has 134 valence electrons. The molecule has 1 amide bonds. The van der Waals surface area contributed by atoms with Crippen molar-refractivity contribution in [3.8, 4) is 22.9 Å². The van der Waals surface area contributed by atoms with Crippen molar-refractivity contribution in [2.24, 2.45) is 7.05 Å². The maximum atomic E-state index is 14.9. The van der Waals surface area contributed by atoms with Gasteiger partial charge in [-0.2, -0.15) is 13.9 Å². The molecule has 2 N–H and O–H groups in total. The molecule has 2 aromatic rings. The lowest BCUT2D eigenvalue weighted by Crippen LogP contribution is -2.23. The highest BCUT2D eigenvalue weighted by Crippen LogP contribution is 2.38. The molecule has 1 aliphatic rings. The number of carbonyl (C=O) groups is 1. The van der Waals surface area contributed by atoms with E-state index in [9.17, 15) is 27.3 Å². The number of alkyl halides is 2. The largest absolute Gasteiger partial charge is 0.506 e. The minimum atomic E-state index is -3.08. The molecule has 25 heavy (non-hydrogen) atoms. The van der Waals surface area contributed by atoms with Crippen molar-refractivity contribution >= 4 is 22.8 Å². The average molecular weight is 376 g/mol. The number of rotatable bonds is 4. The van der Waals surface area contributed by atoms with Crippen molar-refractivity contribution < 1.29 is 32.0 Å². The number of ether oxygens (including phenoxy) is 1. The smallest absolute Gasteiger partial charge is 0.388 e. The van der Waals surface area contributed by atoms with Crippen LogP contribution >= 0.6 is 0 Å². The Morgan fingerprint density at radius 1 is 1.44 bits per heavy atom. The number of phenolic OH excluding ortho intramolecular Hbond substituents is 1. The van der Waals surface area contributed by atoms with E-state index >= 15 is 0 Å². The lowest BCUT2D eigenvalue weighted by Gasteiger charge is -2.17. The Balaban J connectivity index is 2.06. The summed E-state index contributed by atoms with van der Waals surface area (Å²) in [6.07, 6.45) is 0. The highest BCUT2D eigenvalue weighted by atomic mass is 32.2. The number of nitrogens with zero attached hydrogens (tertiary/aromatic N) is 3. The SMILES string of the molecule is Cn1nc(-c2ccc(O)c(N3CC(=O)NS3=O)c2F)cc1OC(F)F. The summed E-state index contributed by atoms with van der Waals surface area (Å²) in [5.74, 6) is -2.44. The molecule has 1 aliphatic heterocycles. The van der Waals surface area contributed by atoms with Gasteiger partial charge in [0, 0.05) is 18.7 Å². The second kappa shape index (κ2) is 6.27. The highest BCUT2D eigenvalue weighted by molar-refractivity contribution is 7.85. The monoisotopic (exact) mass is 376 g/mol. The molecule has 1 aromatic heterocycles. The first-order chi connectivity index (χ1) is 11.8. The van der Waals surface area contributed by atoms with E-state index in [0.717, 1.165) is 21.1 Å². The predicted molar refractivity (Wildman–Crippen MR) is 80.5 cm³/mol. The van der Waals surface area contributed by atoms with Gasteiger partial charge in [0.15, 0.2) is 5.82 Å². The number of aryl methyl sites for hydroxylation is 1. The topological polar surface area (TPSA) is 96.7 Å². The van der Waals surface area contributed by atoms with Crippen LogP contribution in [0.4, 0.5) is 18.9 Å². The quantitative estimate of drug-likeness (QED) is 0.832. The van der Waals surface area contributed by atoms with Crippen LogP contribution in [0.3, 0.4) is 0 Å². The fraction of sp³-hybridized carbons (Fsp3) is 0.231. The lowest BCUT2D eigenvalue weighted by atomic mass is 10.1. The molecule has 8 nitrogen and oxygen atoms in total. The molecular weight excluding hydrogens is 365 g/mol. The fourth-order valence-electron chi connectivity index (χ4n) is 2.31. The van der Waals surface area contributed by atoms with E-state index < -0.39 is 47.5 Å². The molecular formula is C13H11F3N4O4S. The van der Waals surface area contributed by atoms with Crippen molar-refractivity contribution in [2.75, 3.05) is 10.8 Å². The number of phenols is 1. The maximum absolute atomic E-state index is 14.9. The number of benzene rings is 1. The summed E-state index contributed by atoms with van der Waals surface area (Å²) in [5.41, 5.74) is -0.652. The van der Waals surface area contributed by atoms with Gasteiger partial charge in [0.2, 0.25) is 17.1 Å². The van der Waals surface area contributed by atoms with Gasteiger partial charge in [-0.15, -0.1) is 0 Å². The van der Waals surface area contributed by atoms with E-state index in [-0.39, 0.29) is 17.1 Å². The van der Waals surface area contributed by atoms with Crippen molar-refractivity contribution in [1.82, 2.24) is 14.5 Å². The van der Waals surface area contributed by atoms with Crippen molar-refractivity contribution in [1.29, 1.82) is 0 Å². The highest BCUT2D eigenvalue weighted by Gasteiger charge is 2.32. The minimum absolute atomic E-state index is 0.0406. The maximum Gasteiger partial charge on any atom is 0.388 e. The van der Waals surface area contributed by atoms with Crippen LogP contribution in [0.5, 0.6) is 11.6 Å². The molecule has 0 saturated carbocycles. The molecule has 1 fully saturated rings. The predicted octanol–water partition coefficient (Wildman–Crippen LogP) is 1.05. The molecule has 0 radical (unpaired) electrons. The second-order valence-corrected chi connectivity index (χ2v) is 6.12. The molecule has 2 heterocycles. The Hall–Kier alpha value is -2.76. The molecule has 1 atom stereocenters. The van der Waals surface area contributed by atoms with Gasteiger partial charge in [-0.1, -0.05) is 0 Å². The number of halogens is 3. The van der Waals surface area contributed by atoms with Gasteiger partial charge < -0.3 is 9.84 Å². The van der Waals surface area contributed by atoms with E-state index in [4.69, 9.17) is 0 Å².